The SMILES string of the molecule is Cc1cc2cc(F)ccc2n1[C@H](C)C(=O)N1CCN(c2ccc(S(=O)(=O)Nc3nccs3)cc2)CC1C.[HH]. The molecule has 2 aromatic heterocycles. The van der Waals surface area contributed by atoms with Crippen LogP contribution in [-0.4, -0.2) is 54.5 Å². The molecule has 1 aliphatic heterocycles. The Balaban J connectivity index is 0.00000336. The molecule has 37 heavy (non-hydrogen) atoms. The normalized spacial score (nSPS) is 17.2. The van der Waals surface area contributed by atoms with Gasteiger partial charge < -0.3 is 14.4 Å². The molecule has 1 saturated heterocycles. The van der Waals surface area contributed by atoms with Crippen molar-refractivity contribution >= 4 is 49.0 Å². The molecule has 0 bridgehead atoms. The predicted molar refractivity (Wildman–Crippen MR) is 146 cm³/mol. The van der Waals surface area contributed by atoms with Crippen LogP contribution in [0.5, 0.6) is 0 Å². The van der Waals surface area contributed by atoms with E-state index in [0.29, 0.717) is 24.8 Å². The first kappa shape index (κ1) is 25.2. The number of amides is 1. The number of sulfonamides is 1. The number of rotatable bonds is 6. The number of aryl methyl sites for hydroxylation is 1. The zero-order chi connectivity index (χ0) is 26.3. The van der Waals surface area contributed by atoms with Crippen LogP contribution in [0.4, 0.5) is 15.2 Å². The molecule has 8 nitrogen and oxygen atoms in total. The van der Waals surface area contributed by atoms with Crippen LogP contribution >= 0.6 is 11.3 Å². The number of thiazole rings is 1. The fourth-order valence-electron chi connectivity index (χ4n) is 5.01. The molecule has 2 aromatic carbocycles. The van der Waals surface area contributed by atoms with E-state index in [2.05, 4.69) is 14.6 Å². The Morgan fingerprint density at radius 3 is 2.62 bits per heavy atom. The second kappa shape index (κ2) is 9.79. The number of hydrogen-bond acceptors (Lipinski definition) is 6. The minimum atomic E-state index is -3.71. The Labute approximate surface area is 220 Å². The van der Waals surface area contributed by atoms with Crippen molar-refractivity contribution in [2.24, 2.45) is 0 Å². The molecular weight excluding hydrogens is 513 g/mol. The maximum Gasteiger partial charge on any atom is 0.263 e. The molecule has 2 atom stereocenters. The standard InChI is InChI=1S/C26H28FN5O3S2.H2/c1-17-14-20-15-21(27)4-9-24(20)32(17)19(3)25(33)31-12-11-30(16-18(31)2)22-5-7-23(8-6-22)37(34,35)29-26-28-10-13-36-26;/h4-10,13-15,18-19H,11-12,16H2,1-3H3,(H,28,29);1H/t18?,19-;/m1./s1. The zero-order valence-corrected chi connectivity index (χ0v) is 22.4. The molecule has 0 radical (unpaired) electrons. The van der Waals surface area contributed by atoms with Crippen molar-refractivity contribution in [2.75, 3.05) is 29.3 Å². The largest absolute Gasteiger partial charge is 0.368 e. The first-order chi connectivity index (χ1) is 17.6. The lowest BCUT2D eigenvalue weighted by atomic mass is 10.1. The second-order valence-electron chi connectivity index (χ2n) is 9.30. The number of nitrogens with zero attached hydrogens (tertiary/aromatic N) is 4. The summed E-state index contributed by atoms with van der Waals surface area (Å²) in [5.74, 6) is -0.276. The van der Waals surface area contributed by atoms with Crippen molar-refractivity contribution in [1.82, 2.24) is 14.5 Å². The van der Waals surface area contributed by atoms with Gasteiger partial charge in [-0.15, -0.1) is 11.3 Å². The first-order valence-corrected chi connectivity index (χ1v) is 14.4. The van der Waals surface area contributed by atoms with E-state index >= 15 is 0 Å². The van der Waals surface area contributed by atoms with E-state index in [4.69, 9.17) is 0 Å². The van der Waals surface area contributed by atoms with E-state index in [1.54, 1.807) is 41.9 Å². The average molecular weight is 544 g/mol. The number of hydrogen-bond donors (Lipinski definition) is 1. The van der Waals surface area contributed by atoms with Gasteiger partial charge in [0.25, 0.3) is 10.0 Å². The van der Waals surface area contributed by atoms with Crippen molar-refractivity contribution in [3.63, 3.8) is 0 Å². The molecular formula is C26H30FN5O3S2. The molecule has 1 fully saturated rings. The highest BCUT2D eigenvalue weighted by molar-refractivity contribution is 7.93. The molecule has 0 spiro atoms. The number of halogens is 1. The van der Waals surface area contributed by atoms with Crippen molar-refractivity contribution in [2.45, 2.75) is 37.8 Å². The molecule has 0 aliphatic carbocycles. The number of anilines is 2. The minimum absolute atomic E-state index is 0. The molecule has 1 aliphatic rings. The second-order valence-corrected chi connectivity index (χ2v) is 11.9. The molecule has 1 N–H and O–H groups in total. The summed E-state index contributed by atoms with van der Waals surface area (Å²) >= 11 is 1.22. The zero-order valence-electron chi connectivity index (χ0n) is 20.8. The Morgan fingerprint density at radius 2 is 1.95 bits per heavy atom. The average Bonchev–Trinajstić information content (AvgIpc) is 3.49. The molecule has 11 heteroatoms. The van der Waals surface area contributed by atoms with Gasteiger partial charge in [0.2, 0.25) is 5.91 Å². The number of carbonyl (C=O) groups excluding carboxylic acids is 1. The number of aromatic nitrogens is 2. The fraction of sp³-hybridized carbons (Fsp3) is 0.308. The predicted octanol–water partition coefficient (Wildman–Crippen LogP) is 4.89. The summed E-state index contributed by atoms with van der Waals surface area (Å²) in [6, 6.07) is 12.8. The summed E-state index contributed by atoms with van der Waals surface area (Å²) in [6.45, 7) is 7.63. The number of benzene rings is 2. The van der Waals surface area contributed by atoms with Gasteiger partial charge in [-0.1, -0.05) is 0 Å². The minimum Gasteiger partial charge on any atom is -0.368 e. The highest BCUT2D eigenvalue weighted by Crippen LogP contribution is 2.28. The molecule has 1 amide bonds. The Bertz CT molecular complexity index is 1540. The maximum atomic E-state index is 13.7. The van der Waals surface area contributed by atoms with Crippen LogP contribution in [0.1, 0.15) is 27.0 Å². The monoisotopic (exact) mass is 543 g/mol. The summed E-state index contributed by atoms with van der Waals surface area (Å²) < 4.78 is 43.4. The molecule has 5 rings (SSSR count). The number of nitrogens with one attached hydrogen (secondary N) is 1. The summed E-state index contributed by atoms with van der Waals surface area (Å²) in [5.41, 5.74) is 2.65. The quantitative estimate of drug-likeness (QED) is 0.374. The lowest BCUT2D eigenvalue weighted by Gasteiger charge is -2.42. The van der Waals surface area contributed by atoms with E-state index < -0.39 is 16.1 Å². The van der Waals surface area contributed by atoms with Crippen LogP contribution < -0.4 is 9.62 Å². The van der Waals surface area contributed by atoms with Crippen LogP contribution in [0, 0.1) is 12.7 Å². The Kier molecular flexibility index (Phi) is 6.67. The first-order valence-electron chi connectivity index (χ1n) is 12.0. The highest BCUT2D eigenvalue weighted by atomic mass is 32.2. The molecule has 0 saturated carbocycles. The van der Waals surface area contributed by atoms with Gasteiger partial charge in [-0.25, -0.2) is 17.8 Å². The van der Waals surface area contributed by atoms with Crippen molar-refractivity contribution < 1.29 is 19.0 Å². The number of fused-ring (bicyclic) bond motifs is 1. The lowest BCUT2D eigenvalue weighted by Crippen LogP contribution is -2.55. The number of carbonyl (C=O) groups is 1. The fourth-order valence-corrected chi connectivity index (χ4v) is 6.80. The van der Waals surface area contributed by atoms with E-state index in [9.17, 15) is 17.6 Å². The van der Waals surface area contributed by atoms with Gasteiger partial charge in [0.1, 0.15) is 11.9 Å². The van der Waals surface area contributed by atoms with E-state index in [1.165, 1.54) is 23.5 Å². The smallest absolute Gasteiger partial charge is 0.263 e. The van der Waals surface area contributed by atoms with Gasteiger partial charge in [-0.2, -0.15) is 0 Å². The van der Waals surface area contributed by atoms with Crippen LogP contribution in [0.3, 0.4) is 0 Å². The molecule has 1 unspecified atom stereocenters. The van der Waals surface area contributed by atoms with Crippen molar-refractivity contribution in [3.8, 4) is 0 Å². The third-order valence-electron chi connectivity index (χ3n) is 6.81. The van der Waals surface area contributed by atoms with E-state index in [0.717, 1.165) is 22.3 Å². The molecule has 4 aromatic rings. The van der Waals surface area contributed by atoms with Crippen LogP contribution in [0.25, 0.3) is 10.9 Å². The summed E-state index contributed by atoms with van der Waals surface area (Å²) in [7, 11) is -3.71. The van der Waals surface area contributed by atoms with Gasteiger partial charge >= 0.3 is 0 Å². The summed E-state index contributed by atoms with van der Waals surface area (Å²) in [6.07, 6.45) is 1.54. The number of piperazine rings is 1. The van der Waals surface area contributed by atoms with Crippen molar-refractivity contribution in [3.05, 3.63) is 71.6 Å². The van der Waals surface area contributed by atoms with Gasteiger partial charge in [0.15, 0.2) is 5.13 Å². The van der Waals surface area contributed by atoms with Gasteiger partial charge in [-0.3, -0.25) is 9.52 Å². The summed E-state index contributed by atoms with van der Waals surface area (Å²) in [5, 5.41) is 2.81. The van der Waals surface area contributed by atoms with Gasteiger partial charge in [-0.05, 0) is 69.3 Å². The third-order valence-corrected chi connectivity index (χ3v) is 8.99. The van der Waals surface area contributed by atoms with Crippen LogP contribution in [0.15, 0.2) is 65.0 Å². The van der Waals surface area contributed by atoms with Crippen LogP contribution in [0.2, 0.25) is 0 Å². The highest BCUT2D eigenvalue weighted by Gasteiger charge is 2.32. The lowest BCUT2D eigenvalue weighted by molar-refractivity contribution is -0.136. The Hall–Kier alpha value is -3.44. The van der Waals surface area contributed by atoms with E-state index in [-0.39, 0.29) is 24.1 Å². The van der Waals surface area contributed by atoms with Crippen LogP contribution in [-0.2, 0) is 14.8 Å². The third kappa shape index (κ3) is 4.93. The Morgan fingerprint density at radius 1 is 1.19 bits per heavy atom. The van der Waals surface area contributed by atoms with E-state index in [1.807, 2.05) is 36.3 Å². The molecule has 3 heterocycles. The van der Waals surface area contributed by atoms with Gasteiger partial charge in [0, 0.05) is 61.0 Å². The van der Waals surface area contributed by atoms with Crippen molar-refractivity contribution in [1.29, 1.82) is 0 Å². The summed E-state index contributed by atoms with van der Waals surface area (Å²) in [4.78, 5) is 21.7. The van der Waals surface area contributed by atoms with Gasteiger partial charge in [0.05, 0.1) is 4.90 Å². The topological polar surface area (TPSA) is 87.5 Å². The maximum absolute atomic E-state index is 13.7. The molecule has 196 valence electrons.